The molecule has 0 saturated heterocycles. The molecule has 4 nitrogen and oxygen atoms in total. The molecule has 0 unspecified atom stereocenters. The van der Waals surface area contributed by atoms with Gasteiger partial charge in [-0.15, -0.1) is 0 Å². The van der Waals surface area contributed by atoms with Crippen LogP contribution in [-0.2, 0) is 9.59 Å². The molecule has 2 aromatic carbocycles. The fourth-order valence-corrected chi connectivity index (χ4v) is 2.69. The number of nitrogens with one attached hydrogen (secondary N) is 1. The Bertz CT molecular complexity index is 802. The summed E-state index contributed by atoms with van der Waals surface area (Å²) in [6.45, 7) is 7.61. The second kappa shape index (κ2) is 8.17. The van der Waals surface area contributed by atoms with Gasteiger partial charge in [0.1, 0.15) is 0 Å². The molecule has 132 valence electrons. The summed E-state index contributed by atoms with van der Waals surface area (Å²) >= 11 is 6.15. The largest absolute Gasteiger partial charge is 0.326 e. The molecule has 0 atom stereocenters. The highest BCUT2D eigenvalue weighted by atomic mass is 35.5. The summed E-state index contributed by atoms with van der Waals surface area (Å²) in [4.78, 5) is 25.8. The number of carbonyl (C=O) groups excluding carboxylic acids is 2. The molecule has 0 spiro atoms. The van der Waals surface area contributed by atoms with Crippen LogP contribution in [0, 0.1) is 20.8 Å². The quantitative estimate of drug-likeness (QED) is 0.845. The summed E-state index contributed by atoms with van der Waals surface area (Å²) in [5.41, 5.74) is 4.54. The van der Waals surface area contributed by atoms with Crippen molar-refractivity contribution in [2.45, 2.75) is 34.1 Å². The minimum Gasteiger partial charge on any atom is -0.326 e. The fourth-order valence-electron chi connectivity index (χ4n) is 2.51. The molecule has 25 heavy (non-hydrogen) atoms. The molecule has 0 bridgehead atoms. The van der Waals surface area contributed by atoms with Crippen molar-refractivity contribution in [2.24, 2.45) is 0 Å². The van der Waals surface area contributed by atoms with E-state index in [2.05, 4.69) is 5.32 Å². The van der Waals surface area contributed by atoms with Gasteiger partial charge in [0, 0.05) is 36.3 Å². The molecular weight excluding hydrogens is 336 g/mol. The number of benzene rings is 2. The predicted molar refractivity (Wildman–Crippen MR) is 103 cm³/mol. The van der Waals surface area contributed by atoms with E-state index in [1.54, 1.807) is 11.0 Å². The first-order chi connectivity index (χ1) is 11.8. The first-order valence-corrected chi connectivity index (χ1v) is 8.57. The zero-order chi connectivity index (χ0) is 18.6. The normalized spacial score (nSPS) is 10.4. The third-order valence-corrected chi connectivity index (χ3v) is 4.48. The van der Waals surface area contributed by atoms with Crippen LogP contribution in [0.2, 0.25) is 5.02 Å². The van der Waals surface area contributed by atoms with Crippen molar-refractivity contribution in [3.05, 3.63) is 58.1 Å². The molecule has 0 aliphatic carbocycles. The summed E-state index contributed by atoms with van der Waals surface area (Å²) in [6, 6.07) is 11.4. The average molecular weight is 359 g/mol. The van der Waals surface area contributed by atoms with Gasteiger partial charge in [-0.1, -0.05) is 29.8 Å². The Morgan fingerprint density at radius 1 is 1.04 bits per heavy atom. The second-order valence-electron chi connectivity index (χ2n) is 6.22. The van der Waals surface area contributed by atoms with E-state index >= 15 is 0 Å². The molecule has 0 aliphatic rings. The van der Waals surface area contributed by atoms with E-state index in [4.69, 9.17) is 11.6 Å². The molecule has 5 heteroatoms. The Hall–Kier alpha value is -2.33. The smallest absolute Gasteiger partial charge is 0.226 e. The third kappa shape index (κ3) is 5.07. The van der Waals surface area contributed by atoms with Gasteiger partial charge in [-0.3, -0.25) is 9.59 Å². The lowest BCUT2D eigenvalue weighted by molar-refractivity contribution is -0.117. The zero-order valence-electron chi connectivity index (χ0n) is 15.0. The number of carbonyl (C=O) groups is 2. The first-order valence-electron chi connectivity index (χ1n) is 8.19. The number of halogens is 1. The molecule has 2 aromatic rings. The Labute approximate surface area is 153 Å². The van der Waals surface area contributed by atoms with E-state index in [9.17, 15) is 9.59 Å². The molecule has 1 N–H and O–H groups in total. The molecule has 0 aliphatic heterocycles. The van der Waals surface area contributed by atoms with E-state index in [1.807, 2.05) is 51.1 Å². The maximum atomic E-state index is 12.3. The molecule has 0 saturated carbocycles. The highest BCUT2D eigenvalue weighted by molar-refractivity contribution is 6.31. The molecule has 0 fully saturated rings. The second-order valence-corrected chi connectivity index (χ2v) is 6.63. The Kier molecular flexibility index (Phi) is 6.21. The maximum Gasteiger partial charge on any atom is 0.226 e. The Balaban J connectivity index is 2.05. The van der Waals surface area contributed by atoms with Crippen LogP contribution in [0.5, 0.6) is 0 Å². The van der Waals surface area contributed by atoms with Crippen LogP contribution < -0.4 is 10.2 Å². The fraction of sp³-hybridized carbons (Fsp3) is 0.300. The van der Waals surface area contributed by atoms with Crippen molar-refractivity contribution < 1.29 is 9.59 Å². The number of amides is 2. The van der Waals surface area contributed by atoms with Gasteiger partial charge in [0.05, 0.1) is 0 Å². The monoisotopic (exact) mass is 358 g/mol. The summed E-state index contributed by atoms with van der Waals surface area (Å²) < 4.78 is 0. The molecule has 2 amide bonds. The third-order valence-electron chi connectivity index (χ3n) is 4.08. The standard InChI is InChI=1S/C20H23ClN2O2/c1-13-5-6-15(3)19(11-13)22-20(25)9-10-23(16(4)24)17-8-7-14(2)18(21)12-17/h5-8,11-12H,9-10H2,1-4H3,(H,22,25). The minimum absolute atomic E-state index is 0.126. The lowest BCUT2D eigenvalue weighted by Gasteiger charge is -2.21. The summed E-state index contributed by atoms with van der Waals surface area (Å²) in [5, 5.41) is 3.51. The van der Waals surface area contributed by atoms with Gasteiger partial charge in [-0.2, -0.15) is 0 Å². The molecule has 0 aromatic heterocycles. The first kappa shape index (κ1) is 19.0. The zero-order valence-corrected chi connectivity index (χ0v) is 15.8. The van der Waals surface area contributed by atoms with Gasteiger partial charge >= 0.3 is 0 Å². The van der Waals surface area contributed by atoms with Crippen molar-refractivity contribution in [1.29, 1.82) is 0 Å². The van der Waals surface area contributed by atoms with Gasteiger partial charge in [0.25, 0.3) is 0 Å². The van der Waals surface area contributed by atoms with Crippen LogP contribution >= 0.6 is 11.6 Å². The molecule has 2 rings (SSSR count). The van der Waals surface area contributed by atoms with Crippen molar-refractivity contribution in [2.75, 3.05) is 16.8 Å². The maximum absolute atomic E-state index is 12.3. The van der Waals surface area contributed by atoms with Crippen LogP contribution in [0.3, 0.4) is 0 Å². The number of anilines is 2. The molecule has 0 heterocycles. The highest BCUT2D eigenvalue weighted by Crippen LogP contribution is 2.24. The van der Waals surface area contributed by atoms with E-state index in [0.29, 0.717) is 17.3 Å². The summed E-state index contributed by atoms with van der Waals surface area (Å²) in [6.07, 6.45) is 0.207. The predicted octanol–water partition coefficient (Wildman–Crippen LogP) is 4.65. The highest BCUT2D eigenvalue weighted by Gasteiger charge is 2.15. The van der Waals surface area contributed by atoms with Crippen LogP contribution in [0.1, 0.15) is 30.0 Å². The van der Waals surface area contributed by atoms with Gasteiger partial charge in [-0.05, 0) is 55.7 Å². The number of hydrogen-bond acceptors (Lipinski definition) is 2. The van der Waals surface area contributed by atoms with Gasteiger partial charge in [-0.25, -0.2) is 0 Å². The van der Waals surface area contributed by atoms with Crippen molar-refractivity contribution >= 4 is 34.8 Å². The summed E-state index contributed by atoms with van der Waals surface area (Å²) in [5.74, 6) is -0.252. The van der Waals surface area contributed by atoms with Gasteiger partial charge < -0.3 is 10.2 Å². The lowest BCUT2D eigenvalue weighted by atomic mass is 10.1. The van der Waals surface area contributed by atoms with Crippen molar-refractivity contribution in [1.82, 2.24) is 0 Å². The number of aryl methyl sites for hydroxylation is 3. The van der Waals surface area contributed by atoms with Crippen molar-refractivity contribution in [3.63, 3.8) is 0 Å². The Morgan fingerprint density at radius 3 is 2.36 bits per heavy atom. The van der Waals surface area contributed by atoms with Crippen LogP contribution in [-0.4, -0.2) is 18.4 Å². The SMILES string of the molecule is CC(=O)N(CCC(=O)Nc1cc(C)ccc1C)c1ccc(C)c(Cl)c1. The number of hydrogen-bond donors (Lipinski definition) is 1. The Morgan fingerprint density at radius 2 is 1.72 bits per heavy atom. The van der Waals surface area contributed by atoms with E-state index < -0.39 is 0 Å². The van der Waals surface area contributed by atoms with Crippen LogP contribution in [0.25, 0.3) is 0 Å². The topological polar surface area (TPSA) is 49.4 Å². The molecule has 0 radical (unpaired) electrons. The number of rotatable bonds is 5. The average Bonchev–Trinajstić information content (AvgIpc) is 2.54. The lowest BCUT2D eigenvalue weighted by Crippen LogP contribution is -2.32. The van der Waals surface area contributed by atoms with Crippen LogP contribution in [0.15, 0.2) is 36.4 Å². The van der Waals surface area contributed by atoms with E-state index in [-0.39, 0.29) is 18.2 Å². The minimum atomic E-state index is -0.127. The summed E-state index contributed by atoms with van der Waals surface area (Å²) in [7, 11) is 0. The van der Waals surface area contributed by atoms with Crippen molar-refractivity contribution in [3.8, 4) is 0 Å². The van der Waals surface area contributed by atoms with E-state index in [0.717, 1.165) is 22.4 Å². The van der Waals surface area contributed by atoms with E-state index in [1.165, 1.54) is 6.92 Å². The van der Waals surface area contributed by atoms with Crippen LogP contribution in [0.4, 0.5) is 11.4 Å². The van der Waals surface area contributed by atoms with Gasteiger partial charge in [0.15, 0.2) is 0 Å². The molecular formula is C20H23ClN2O2. The van der Waals surface area contributed by atoms with Gasteiger partial charge in [0.2, 0.25) is 11.8 Å². The number of nitrogens with zero attached hydrogens (tertiary/aromatic N) is 1.